The fourth-order valence-corrected chi connectivity index (χ4v) is 3.89. The van der Waals surface area contributed by atoms with Crippen LogP contribution in [0.2, 0.25) is 0 Å². The van der Waals surface area contributed by atoms with Gasteiger partial charge in [-0.2, -0.15) is 0 Å². The summed E-state index contributed by atoms with van der Waals surface area (Å²) >= 11 is 1.43. The second-order valence-corrected chi connectivity index (χ2v) is 6.76. The van der Waals surface area contributed by atoms with E-state index in [1.165, 1.54) is 23.5 Å². The lowest BCUT2D eigenvalue weighted by atomic mass is 10.0. The Bertz CT molecular complexity index is 659. The molecule has 1 aromatic carbocycles. The molecular weight excluding hydrogens is 335 g/mol. The Labute approximate surface area is 145 Å². The Balaban J connectivity index is 0.00000192. The lowest BCUT2D eigenvalue weighted by molar-refractivity contribution is 0.0933. The van der Waals surface area contributed by atoms with Crippen molar-refractivity contribution in [2.75, 3.05) is 6.54 Å². The molecule has 3 N–H and O–H groups in total. The maximum atomic E-state index is 13.0. The molecule has 0 spiro atoms. The van der Waals surface area contributed by atoms with Crippen LogP contribution < -0.4 is 11.1 Å². The van der Waals surface area contributed by atoms with Crippen molar-refractivity contribution in [2.24, 2.45) is 11.7 Å². The number of carbonyl (C=O) groups excluding carboxylic acids is 1. The summed E-state index contributed by atoms with van der Waals surface area (Å²) < 4.78 is 13.0. The average Bonchev–Trinajstić information content (AvgIpc) is 3.16. The van der Waals surface area contributed by atoms with Gasteiger partial charge < -0.3 is 11.1 Å². The first-order chi connectivity index (χ1) is 10.7. The van der Waals surface area contributed by atoms with Crippen molar-refractivity contribution in [1.82, 2.24) is 5.32 Å². The van der Waals surface area contributed by atoms with Crippen molar-refractivity contribution in [1.29, 1.82) is 0 Å². The highest BCUT2D eigenvalue weighted by atomic mass is 35.5. The van der Waals surface area contributed by atoms with Crippen molar-refractivity contribution in [2.45, 2.75) is 25.3 Å². The molecular formula is C17H20ClFN2OS. The fourth-order valence-electron chi connectivity index (χ4n) is 2.98. The van der Waals surface area contributed by atoms with Crippen LogP contribution in [0.4, 0.5) is 4.39 Å². The van der Waals surface area contributed by atoms with E-state index < -0.39 is 0 Å². The summed E-state index contributed by atoms with van der Waals surface area (Å²) in [4.78, 5) is 14.0. The van der Waals surface area contributed by atoms with Crippen molar-refractivity contribution in [3.8, 4) is 10.4 Å². The van der Waals surface area contributed by atoms with E-state index >= 15 is 0 Å². The number of halogens is 2. The lowest BCUT2D eigenvalue weighted by Gasteiger charge is -2.18. The van der Waals surface area contributed by atoms with E-state index in [4.69, 9.17) is 5.73 Å². The normalized spacial score (nSPS) is 20.1. The first-order valence-electron chi connectivity index (χ1n) is 7.54. The number of thiophene rings is 1. The number of nitrogens with one attached hydrogen (secondary N) is 1. The molecule has 2 aromatic rings. The zero-order valence-corrected chi connectivity index (χ0v) is 14.3. The summed E-state index contributed by atoms with van der Waals surface area (Å²) in [7, 11) is 0. The van der Waals surface area contributed by atoms with E-state index in [0.717, 1.165) is 29.7 Å². The van der Waals surface area contributed by atoms with Crippen LogP contribution in [0, 0.1) is 11.7 Å². The highest BCUT2D eigenvalue weighted by Crippen LogP contribution is 2.29. The molecule has 1 aromatic heterocycles. The molecule has 124 valence electrons. The van der Waals surface area contributed by atoms with Crippen molar-refractivity contribution in [3.05, 3.63) is 47.1 Å². The summed E-state index contributed by atoms with van der Waals surface area (Å²) in [5, 5.41) is 3.10. The predicted molar refractivity (Wildman–Crippen MR) is 94.6 cm³/mol. The van der Waals surface area contributed by atoms with Gasteiger partial charge in [-0.3, -0.25) is 4.79 Å². The Morgan fingerprint density at radius 3 is 2.65 bits per heavy atom. The van der Waals surface area contributed by atoms with Crippen molar-refractivity contribution < 1.29 is 9.18 Å². The molecule has 0 aliphatic heterocycles. The van der Waals surface area contributed by atoms with Crippen molar-refractivity contribution in [3.63, 3.8) is 0 Å². The maximum Gasteiger partial charge on any atom is 0.261 e. The topological polar surface area (TPSA) is 55.1 Å². The molecule has 3 rings (SSSR count). The molecule has 2 unspecified atom stereocenters. The molecule has 0 saturated heterocycles. The first kappa shape index (κ1) is 17.9. The van der Waals surface area contributed by atoms with Crippen LogP contribution >= 0.6 is 23.7 Å². The largest absolute Gasteiger partial charge is 0.348 e. The Kier molecular flexibility index (Phi) is 6.16. The highest BCUT2D eigenvalue weighted by molar-refractivity contribution is 7.17. The second-order valence-electron chi connectivity index (χ2n) is 5.68. The molecule has 3 nitrogen and oxygen atoms in total. The average molecular weight is 355 g/mol. The third-order valence-electron chi connectivity index (χ3n) is 4.24. The summed E-state index contributed by atoms with van der Waals surface area (Å²) in [5.74, 6) is 0.0940. The van der Waals surface area contributed by atoms with E-state index in [1.54, 1.807) is 12.1 Å². The number of carbonyl (C=O) groups is 1. The molecule has 2 atom stereocenters. The van der Waals surface area contributed by atoms with Crippen LogP contribution in [-0.4, -0.2) is 18.5 Å². The van der Waals surface area contributed by atoms with Gasteiger partial charge in [0.05, 0.1) is 4.88 Å². The van der Waals surface area contributed by atoms with E-state index in [1.807, 2.05) is 12.1 Å². The number of hydrogen-bond acceptors (Lipinski definition) is 3. The van der Waals surface area contributed by atoms with Gasteiger partial charge >= 0.3 is 0 Å². The molecule has 1 aliphatic carbocycles. The monoisotopic (exact) mass is 354 g/mol. The first-order valence-corrected chi connectivity index (χ1v) is 8.35. The second kappa shape index (κ2) is 7.90. The summed E-state index contributed by atoms with van der Waals surface area (Å²) in [6, 6.07) is 10.2. The van der Waals surface area contributed by atoms with Crippen LogP contribution in [0.5, 0.6) is 0 Å². The summed E-state index contributed by atoms with van der Waals surface area (Å²) in [6.45, 7) is 0.621. The van der Waals surface area contributed by atoms with Gasteiger partial charge in [-0.15, -0.1) is 23.7 Å². The third kappa shape index (κ3) is 4.10. The van der Waals surface area contributed by atoms with E-state index in [9.17, 15) is 9.18 Å². The lowest BCUT2D eigenvalue weighted by Crippen LogP contribution is -2.39. The molecule has 1 fully saturated rings. The minimum atomic E-state index is -0.257. The zero-order chi connectivity index (χ0) is 15.5. The summed E-state index contributed by atoms with van der Waals surface area (Å²) in [6.07, 6.45) is 3.22. The molecule has 0 bridgehead atoms. The van der Waals surface area contributed by atoms with E-state index in [2.05, 4.69) is 5.32 Å². The van der Waals surface area contributed by atoms with Crippen LogP contribution in [0.3, 0.4) is 0 Å². The van der Waals surface area contributed by atoms with Gasteiger partial charge in [-0.1, -0.05) is 18.6 Å². The van der Waals surface area contributed by atoms with Gasteiger partial charge in [0.15, 0.2) is 0 Å². The third-order valence-corrected chi connectivity index (χ3v) is 5.37. The maximum absolute atomic E-state index is 13.0. The molecule has 0 radical (unpaired) electrons. The fraction of sp³-hybridized carbons (Fsp3) is 0.353. The van der Waals surface area contributed by atoms with Gasteiger partial charge in [0.1, 0.15) is 5.82 Å². The standard InChI is InChI=1S/C17H19FN2OS.ClH/c18-13-6-4-11(5-7-13)15-8-9-16(22-15)17(21)20-14-3-1-2-12(14)10-19;/h4-9,12,14H,1-3,10,19H2,(H,20,21);1H. The van der Waals surface area contributed by atoms with Gasteiger partial charge in [0, 0.05) is 10.9 Å². The Hall–Kier alpha value is -1.43. The Morgan fingerprint density at radius 2 is 1.96 bits per heavy atom. The van der Waals surface area contributed by atoms with Crippen molar-refractivity contribution >= 4 is 29.7 Å². The molecule has 1 heterocycles. The quantitative estimate of drug-likeness (QED) is 0.876. The van der Waals surface area contributed by atoms with Crippen LogP contribution in [0.25, 0.3) is 10.4 Å². The van der Waals surface area contributed by atoms with Gasteiger partial charge in [0.2, 0.25) is 0 Å². The number of rotatable bonds is 4. The molecule has 1 amide bonds. The number of amides is 1. The predicted octanol–water partition coefficient (Wildman–Crippen LogP) is 3.83. The minimum Gasteiger partial charge on any atom is -0.348 e. The number of nitrogens with two attached hydrogens (primary N) is 1. The molecule has 6 heteroatoms. The van der Waals surface area contributed by atoms with Gasteiger partial charge in [-0.25, -0.2) is 4.39 Å². The smallest absolute Gasteiger partial charge is 0.261 e. The Morgan fingerprint density at radius 1 is 1.22 bits per heavy atom. The van der Waals surface area contributed by atoms with Crippen LogP contribution in [-0.2, 0) is 0 Å². The van der Waals surface area contributed by atoms with Crippen LogP contribution in [0.1, 0.15) is 28.9 Å². The van der Waals surface area contributed by atoms with E-state index in [0.29, 0.717) is 17.3 Å². The SMILES string of the molecule is Cl.NCC1CCCC1NC(=O)c1ccc(-c2ccc(F)cc2)s1. The van der Waals surface area contributed by atoms with Gasteiger partial charge in [-0.05, 0) is 55.1 Å². The van der Waals surface area contributed by atoms with E-state index in [-0.39, 0.29) is 30.2 Å². The van der Waals surface area contributed by atoms with Crippen LogP contribution in [0.15, 0.2) is 36.4 Å². The zero-order valence-electron chi connectivity index (χ0n) is 12.6. The molecule has 1 aliphatic rings. The molecule has 1 saturated carbocycles. The highest BCUT2D eigenvalue weighted by Gasteiger charge is 2.27. The summed E-state index contributed by atoms with van der Waals surface area (Å²) in [5.41, 5.74) is 6.67. The minimum absolute atomic E-state index is 0. The number of hydrogen-bond donors (Lipinski definition) is 2. The van der Waals surface area contributed by atoms with Gasteiger partial charge in [0.25, 0.3) is 5.91 Å². The molecule has 23 heavy (non-hydrogen) atoms. The number of benzene rings is 1.